The number of nitrogens with one attached hydrogen (secondary N) is 1. The molecule has 0 bridgehead atoms. The summed E-state index contributed by atoms with van der Waals surface area (Å²) in [4.78, 5) is 7.04. The Morgan fingerprint density at radius 3 is 2.83 bits per heavy atom. The van der Waals surface area contributed by atoms with Crippen LogP contribution in [0.3, 0.4) is 0 Å². The molecule has 0 aliphatic rings. The van der Waals surface area contributed by atoms with Gasteiger partial charge in [-0.05, 0) is 11.6 Å². The monoisotopic (exact) mass is 181 g/mol. The lowest BCUT2D eigenvalue weighted by molar-refractivity contribution is -0.155. The number of rotatable bonds is 3. The fourth-order valence-electron chi connectivity index (χ4n) is 0.348. The van der Waals surface area contributed by atoms with E-state index in [1.165, 1.54) is 6.21 Å². The molecule has 0 aliphatic heterocycles. The van der Waals surface area contributed by atoms with Crippen molar-refractivity contribution in [2.75, 3.05) is 0 Å². The first-order valence-electron chi connectivity index (χ1n) is 3.15. The minimum Gasteiger partial charge on any atom is -0.408 e. The van der Waals surface area contributed by atoms with Gasteiger partial charge in [-0.15, -0.1) is 0 Å². The summed E-state index contributed by atoms with van der Waals surface area (Å²) in [6.45, 7) is -1.20. The van der Waals surface area contributed by atoms with Gasteiger partial charge in [-0.25, -0.2) is 15.3 Å². The van der Waals surface area contributed by atoms with Crippen LogP contribution < -0.4 is 5.48 Å². The van der Waals surface area contributed by atoms with Gasteiger partial charge in [-0.1, -0.05) is 6.92 Å². The number of aliphatic imine (C=N–C) groups is 1. The van der Waals surface area contributed by atoms with Crippen molar-refractivity contribution in [1.29, 1.82) is 0 Å². The SMILES string of the molecule is CCC=NC(=NO)NOC(F)F. The largest absolute Gasteiger partial charge is 0.408 e. The highest BCUT2D eigenvalue weighted by atomic mass is 19.3. The van der Waals surface area contributed by atoms with E-state index in [1.807, 2.05) is 0 Å². The molecule has 0 radical (unpaired) electrons. The Hall–Kier alpha value is -1.24. The molecule has 2 N–H and O–H groups in total. The Labute approximate surface area is 67.7 Å². The van der Waals surface area contributed by atoms with Crippen molar-refractivity contribution < 1.29 is 18.8 Å². The average Bonchev–Trinajstić information content (AvgIpc) is 2.05. The van der Waals surface area contributed by atoms with Gasteiger partial charge in [0.2, 0.25) is 0 Å². The fraction of sp³-hybridized carbons (Fsp3) is 0.600. The van der Waals surface area contributed by atoms with Crippen LogP contribution in [0.4, 0.5) is 8.78 Å². The maximum Gasteiger partial charge on any atom is 0.364 e. The standard InChI is InChI=1S/C5H9F2N3O2/c1-2-3-8-5(9-11)10-12-4(6)7/h3-4,11H,2H2,1H3,(H,9,10). The van der Waals surface area contributed by atoms with Crippen molar-refractivity contribution in [3.05, 3.63) is 0 Å². The molecule has 0 saturated carbocycles. The summed E-state index contributed by atoms with van der Waals surface area (Å²) in [5.74, 6) is -0.419. The number of alkyl halides is 2. The van der Waals surface area contributed by atoms with Crippen LogP contribution in [-0.2, 0) is 4.84 Å². The molecule has 5 nitrogen and oxygen atoms in total. The highest BCUT2D eigenvalue weighted by Gasteiger charge is 2.03. The number of hydroxylamine groups is 1. The van der Waals surface area contributed by atoms with E-state index >= 15 is 0 Å². The molecule has 0 aromatic rings. The zero-order valence-corrected chi connectivity index (χ0v) is 6.37. The van der Waals surface area contributed by atoms with Gasteiger partial charge < -0.3 is 5.21 Å². The summed E-state index contributed by atoms with van der Waals surface area (Å²) in [5, 5.41) is 10.7. The molecular formula is C5H9F2N3O2. The van der Waals surface area contributed by atoms with Crippen LogP contribution in [0.2, 0.25) is 0 Å². The Balaban J connectivity index is 3.77. The van der Waals surface area contributed by atoms with Crippen LogP contribution in [0.25, 0.3) is 0 Å². The molecule has 0 aliphatic carbocycles. The van der Waals surface area contributed by atoms with Crippen molar-refractivity contribution in [3.63, 3.8) is 0 Å². The second kappa shape index (κ2) is 6.47. The second-order valence-corrected chi connectivity index (χ2v) is 1.62. The Kier molecular flexibility index (Phi) is 5.80. The number of hydrogen-bond donors (Lipinski definition) is 2. The zero-order valence-electron chi connectivity index (χ0n) is 6.37. The highest BCUT2D eigenvalue weighted by Crippen LogP contribution is 1.90. The van der Waals surface area contributed by atoms with Crippen molar-refractivity contribution in [3.8, 4) is 0 Å². The molecule has 7 heteroatoms. The van der Waals surface area contributed by atoms with Gasteiger partial charge >= 0.3 is 6.61 Å². The van der Waals surface area contributed by atoms with Gasteiger partial charge in [-0.2, -0.15) is 8.78 Å². The first-order valence-corrected chi connectivity index (χ1v) is 3.15. The molecule has 0 atom stereocenters. The highest BCUT2D eigenvalue weighted by molar-refractivity contribution is 5.86. The lowest BCUT2D eigenvalue weighted by Crippen LogP contribution is -2.24. The maximum atomic E-state index is 11.4. The summed E-state index contributed by atoms with van der Waals surface area (Å²) < 4.78 is 22.8. The molecule has 0 amide bonds. The van der Waals surface area contributed by atoms with Crippen LogP contribution in [0, 0.1) is 0 Å². The minimum absolute atomic E-state index is 0.419. The topological polar surface area (TPSA) is 66.2 Å². The van der Waals surface area contributed by atoms with Crippen molar-refractivity contribution in [1.82, 2.24) is 5.48 Å². The van der Waals surface area contributed by atoms with Crippen LogP contribution in [-0.4, -0.2) is 24.0 Å². The number of guanidine groups is 1. The molecule has 12 heavy (non-hydrogen) atoms. The predicted molar refractivity (Wildman–Crippen MR) is 38.2 cm³/mol. The normalized spacial score (nSPS) is 12.8. The predicted octanol–water partition coefficient (Wildman–Crippen LogP) is 0.956. The fourth-order valence-corrected chi connectivity index (χ4v) is 0.348. The number of oxime groups is 1. The Bertz CT molecular complexity index is 172. The van der Waals surface area contributed by atoms with E-state index < -0.39 is 12.6 Å². The first-order chi connectivity index (χ1) is 5.70. The van der Waals surface area contributed by atoms with E-state index in [0.29, 0.717) is 6.42 Å². The van der Waals surface area contributed by atoms with Crippen molar-refractivity contribution >= 4 is 12.2 Å². The van der Waals surface area contributed by atoms with Crippen molar-refractivity contribution in [2.45, 2.75) is 20.0 Å². The van der Waals surface area contributed by atoms with Gasteiger partial charge in [-0.3, -0.25) is 0 Å². The summed E-state index contributed by atoms with van der Waals surface area (Å²) in [7, 11) is 0. The Morgan fingerprint density at radius 1 is 1.75 bits per heavy atom. The third kappa shape index (κ3) is 5.54. The number of nitrogens with zero attached hydrogens (tertiary/aromatic N) is 2. The van der Waals surface area contributed by atoms with Gasteiger partial charge in [0.25, 0.3) is 5.96 Å². The van der Waals surface area contributed by atoms with E-state index in [9.17, 15) is 8.78 Å². The molecule has 0 saturated heterocycles. The molecule has 70 valence electrons. The molecule has 0 fully saturated rings. The van der Waals surface area contributed by atoms with Gasteiger partial charge in [0.15, 0.2) is 0 Å². The second-order valence-electron chi connectivity index (χ2n) is 1.62. The van der Waals surface area contributed by atoms with Crippen LogP contribution >= 0.6 is 0 Å². The first kappa shape index (κ1) is 10.8. The molecule has 0 heterocycles. The summed E-state index contributed by atoms with van der Waals surface area (Å²) in [6, 6.07) is 0. The molecule has 0 aromatic carbocycles. The number of hydrogen-bond acceptors (Lipinski definition) is 3. The smallest absolute Gasteiger partial charge is 0.364 e. The lowest BCUT2D eigenvalue weighted by atomic mass is 10.5. The summed E-state index contributed by atoms with van der Waals surface area (Å²) in [5.41, 5.74) is 1.66. The van der Waals surface area contributed by atoms with Crippen LogP contribution in [0.5, 0.6) is 0 Å². The van der Waals surface area contributed by atoms with E-state index in [-0.39, 0.29) is 0 Å². The van der Waals surface area contributed by atoms with E-state index in [4.69, 9.17) is 5.21 Å². The van der Waals surface area contributed by atoms with Gasteiger partial charge in [0.1, 0.15) is 0 Å². The third-order valence-corrected chi connectivity index (χ3v) is 0.730. The van der Waals surface area contributed by atoms with Crippen LogP contribution in [0.15, 0.2) is 10.1 Å². The van der Waals surface area contributed by atoms with E-state index in [2.05, 4.69) is 15.0 Å². The average molecular weight is 181 g/mol. The van der Waals surface area contributed by atoms with Crippen molar-refractivity contribution in [2.24, 2.45) is 10.1 Å². The Morgan fingerprint density at radius 2 is 2.42 bits per heavy atom. The molecule has 0 spiro atoms. The van der Waals surface area contributed by atoms with E-state index in [0.717, 1.165) is 0 Å². The van der Waals surface area contributed by atoms with E-state index in [1.54, 1.807) is 12.4 Å². The molecular weight excluding hydrogens is 172 g/mol. The molecule has 0 unspecified atom stereocenters. The lowest BCUT2D eigenvalue weighted by Gasteiger charge is -2.01. The summed E-state index contributed by atoms with van der Waals surface area (Å²) >= 11 is 0. The molecule has 0 rings (SSSR count). The maximum absolute atomic E-state index is 11.4. The number of halogens is 2. The van der Waals surface area contributed by atoms with Gasteiger partial charge in [0, 0.05) is 6.21 Å². The molecule has 0 aromatic heterocycles. The third-order valence-electron chi connectivity index (χ3n) is 0.730. The zero-order chi connectivity index (χ0) is 9.40. The summed E-state index contributed by atoms with van der Waals surface area (Å²) in [6.07, 6.45) is 1.96. The minimum atomic E-state index is -2.99. The van der Waals surface area contributed by atoms with Gasteiger partial charge in [0.05, 0.1) is 0 Å². The van der Waals surface area contributed by atoms with Crippen LogP contribution in [0.1, 0.15) is 13.3 Å². The quantitative estimate of drug-likeness (QED) is 0.295.